The van der Waals surface area contributed by atoms with E-state index < -0.39 is 0 Å². The zero-order valence-corrected chi connectivity index (χ0v) is 24.7. The summed E-state index contributed by atoms with van der Waals surface area (Å²) < 4.78 is 2.39. The average Bonchev–Trinajstić information content (AvgIpc) is 3.45. The topological polar surface area (TPSA) is 4.93 Å². The van der Waals surface area contributed by atoms with Gasteiger partial charge in [0.15, 0.2) is 0 Å². The van der Waals surface area contributed by atoms with Gasteiger partial charge >= 0.3 is 0 Å². The Balaban J connectivity index is 1.23. The van der Waals surface area contributed by atoms with Crippen LogP contribution in [0.25, 0.3) is 82.4 Å². The molecular weight excluding hydrogens is 542 g/mol. The van der Waals surface area contributed by atoms with E-state index in [1.165, 1.54) is 76.7 Å². The lowest BCUT2D eigenvalue weighted by Gasteiger charge is -2.15. The number of rotatable bonds is 4. The van der Waals surface area contributed by atoms with Gasteiger partial charge in [0, 0.05) is 16.5 Å². The molecule has 0 unspecified atom stereocenters. The predicted octanol–water partition coefficient (Wildman–Crippen LogP) is 12.1. The molecular formula is C44H29N. The van der Waals surface area contributed by atoms with Gasteiger partial charge in [-0.1, -0.05) is 140 Å². The Hall–Kier alpha value is -5.92. The monoisotopic (exact) mass is 571 g/mol. The Bertz CT molecular complexity index is 2520. The number of fused-ring (bicyclic) bond motifs is 6. The van der Waals surface area contributed by atoms with E-state index in [2.05, 4.69) is 180 Å². The van der Waals surface area contributed by atoms with Gasteiger partial charge in [0.1, 0.15) is 0 Å². The summed E-state index contributed by atoms with van der Waals surface area (Å²) in [5.41, 5.74) is 11.0. The molecule has 0 saturated carbocycles. The van der Waals surface area contributed by atoms with E-state index in [0.29, 0.717) is 0 Å². The quantitative estimate of drug-likeness (QED) is 0.185. The van der Waals surface area contributed by atoms with Crippen molar-refractivity contribution in [1.29, 1.82) is 0 Å². The second-order valence-electron chi connectivity index (χ2n) is 11.7. The van der Waals surface area contributed by atoms with E-state index >= 15 is 0 Å². The Labute approximate surface area is 262 Å². The van der Waals surface area contributed by atoms with Gasteiger partial charge in [-0.25, -0.2) is 0 Å². The third kappa shape index (κ3) is 4.17. The molecule has 45 heavy (non-hydrogen) atoms. The van der Waals surface area contributed by atoms with Crippen molar-refractivity contribution in [3.8, 4) is 39.1 Å². The number of nitrogens with zero attached hydrogens (tertiary/aromatic N) is 1. The van der Waals surface area contributed by atoms with Crippen molar-refractivity contribution in [2.24, 2.45) is 0 Å². The fraction of sp³-hybridized carbons (Fsp3) is 0. The molecule has 0 fully saturated rings. The normalized spacial score (nSPS) is 11.6. The molecule has 0 aliphatic carbocycles. The van der Waals surface area contributed by atoms with Crippen LogP contribution in [0.3, 0.4) is 0 Å². The molecule has 1 aromatic heterocycles. The van der Waals surface area contributed by atoms with Crippen LogP contribution >= 0.6 is 0 Å². The van der Waals surface area contributed by atoms with Crippen LogP contribution in [0.2, 0.25) is 0 Å². The van der Waals surface area contributed by atoms with Crippen molar-refractivity contribution in [3.05, 3.63) is 176 Å². The molecule has 0 atom stereocenters. The summed E-state index contributed by atoms with van der Waals surface area (Å²) in [5, 5.41) is 7.64. The van der Waals surface area contributed by atoms with E-state index in [0.717, 1.165) is 5.69 Å². The first-order valence-electron chi connectivity index (χ1n) is 15.5. The Morgan fingerprint density at radius 2 is 0.867 bits per heavy atom. The van der Waals surface area contributed by atoms with Gasteiger partial charge in [-0.15, -0.1) is 0 Å². The van der Waals surface area contributed by atoms with Crippen molar-refractivity contribution in [2.75, 3.05) is 0 Å². The van der Waals surface area contributed by atoms with Crippen LogP contribution in [0.15, 0.2) is 176 Å². The summed E-state index contributed by atoms with van der Waals surface area (Å²) in [6.45, 7) is 0. The zero-order valence-electron chi connectivity index (χ0n) is 24.7. The first-order chi connectivity index (χ1) is 22.3. The standard InChI is InChI=1S/C44H29N/c1-2-12-30(13-3-1)31-22-25-34(26-23-31)45-43-21-11-10-20-40(43)42-29-33(24-27-44(42)45)36-16-6-7-18-38(36)41-28-32-14-4-5-15-35(32)37-17-8-9-19-39(37)41/h1-29H. The van der Waals surface area contributed by atoms with Gasteiger partial charge in [-0.05, 0) is 91.3 Å². The van der Waals surface area contributed by atoms with Crippen molar-refractivity contribution < 1.29 is 0 Å². The maximum absolute atomic E-state index is 2.39. The fourth-order valence-electron chi connectivity index (χ4n) is 7.10. The highest BCUT2D eigenvalue weighted by atomic mass is 15.0. The van der Waals surface area contributed by atoms with Crippen LogP contribution in [0.1, 0.15) is 0 Å². The van der Waals surface area contributed by atoms with Gasteiger partial charge < -0.3 is 4.57 Å². The Morgan fingerprint density at radius 1 is 0.289 bits per heavy atom. The molecule has 0 spiro atoms. The molecule has 0 saturated heterocycles. The van der Waals surface area contributed by atoms with E-state index in [4.69, 9.17) is 0 Å². The number of hydrogen-bond acceptors (Lipinski definition) is 0. The SMILES string of the molecule is c1ccc(-c2ccc(-n3c4ccccc4c4cc(-c5ccccc5-c5cc6ccccc6c6ccccc56)ccc43)cc2)cc1. The van der Waals surface area contributed by atoms with E-state index in [9.17, 15) is 0 Å². The lowest BCUT2D eigenvalue weighted by Crippen LogP contribution is -1.94. The maximum Gasteiger partial charge on any atom is 0.0541 e. The molecule has 0 amide bonds. The van der Waals surface area contributed by atoms with Crippen LogP contribution in [-0.2, 0) is 0 Å². The molecule has 0 aliphatic rings. The lowest BCUT2D eigenvalue weighted by atomic mass is 9.89. The largest absolute Gasteiger partial charge is 0.309 e. The summed E-state index contributed by atoms with van der Waals surface area (Å²) >= 11 is 0. The molecule has 1 heteroatoms. The number of aromatic nitrogens is 1. The molecule has 9 rings (SSSR count). The van der Waals surface area contributed by atoms with Gasteiger partial charge in [0.2, 0.25) is 0 Å². The zero-order chi connectivity index (χ0) is 29.7. The van der Waals surface area contributed by atoms with Crippen molar-refractivity contribution in [2.45, 2.75) is 0 Å². The molecule has 1 nitrogen and oxygen atoms in total. The number of hydrogen-bond donors (Lipinski definition) is 0. The van der Waals surface area contributed by atoms with Crippen LogP contribution in [-0.4, -0.2) is 4.57 Å². The molecule has 0 aliphatic heterocycles. The average molecular weight is 572 g/mol. The minimum absolute atomic E-state index is 1.16. The van der Waals surface area contributed by atoms with Crippen molar-refractivity contribution in [1.82, 2.24) is 4.57 Å². The molecule has 8 aromatic carbocycles. The Kier molecular flexibility index (Phi) is 5.89. The minimum atomic E-state index is 1.16. The second kappa shape index (κ2) is 10.4. The fourth-order valence-corrected chi connectivity index (χ4v) is 7.10. The molecule has 9 aromatic rings. The highest BCUT2D eigenvalue weighted by molar-refractivity contribution is 6.15. The summed E-state index contributed by atoms with van der Waals surface area (Å²) in [5.74, 6) is 0. The summed E-state index contributed by atoms with van der Waals surface area (Å²) in [7, 11) is 0. The van der Waals surface area contributed by atoms with Gasteiger partial charge in [-0.3, -0.25) is 0 Å². The predicted molar refractivity (Wildman–Crippen MR) is 192 cm³/mol. The third-order valence-corrected chi connectivity index (χ3v) is 9.20. The molecule has 0 radical (unpaired) electrons. The van der Waals surface area contributed by atoms with E-state index in [1.54, 1.807) is 0 Å². The molecule has 0 bridgehead atoms. The number of para-hydroxylation sites is 1. The molecule has 0 N–H and O–H groups in total. The highest BCUT2D eigenvalue weighted by Crippen LogP contribution is 2.41. The third-order valence-electron chi connectivity index (χ3n) is 9.20. The highest BCUT2D eigenvalue weighted by Gasteiger charge is 2.16. The van der Waals surface area contributed by atoms with Crippen LogP contribution in [0, 0.1) is 0 Å². The van der Waals surface area contributed by atoms with E-state index in [-0.39, 0.29) is 0 Å². The minimum Gasteiger partial charge on any atom is -0.309 e. The Morgan fingerprint density at radius 3 is 1.69 bits per heavy atom. The lowest BCUT2D eigenvalue weighted by molar-refractivity contribution is 1.18. The first kappa shape index (κ1) is 25.6. The van der Waals surface area contributed by atoms with Crippen LogP contribution in [0.5, 0.6) is 0 Å². The smallest absolute Gasteiger partial charge is 0.0541 e. The van der Waals surface area contributed by atoms with Gasteiger partial charge in [-0.2, -0.15) is 0 Å². The van der Waals surface area contributed by atoms with E-state index in [1.807, 2.05) is 0 Å². The summed E-state index contributed by atoms with van der Waals surface area (Å²) in [6.07, 6.45) is 0. The first-order valence-corrected chi connectivity index (χ1v) is 15.5. The van der Waals surface area contributed by atoms with Crippen molar-refractivity contribution in [3.63, 3.8) is 0 Å². The summed E-state index contributed by atoms with van der Waals surface area (Å²) in [6, 6.07) is 64.0. The second-order valence-corrected chi connectivity index (χ2v) is 11.7. The summed E-state index contributed by atoms with van der Waals surface area (Å²) in [4.78, 5) is 0. The molecule has 210 valence electrons. The van der Waals surface area contributed by atoms with Gasteiger partial charge in [0.05, 0.1) is 11.0 Å². The maximum atomic E-state index is 2.39. The van der Waals surface area contributed by atoms with Gasteiger partial charge in [0.25, 0.3) is 0 Å². The van der Waals surface area contributed by atoms with Crippen LogP contribution in [0.4, 0.5) is 0 Å². The van der Waals surface area contributed by atoms with Crippen molar-refractivity contribution >= 4 is 43.4 Å². The number of benzene rings is 8. The molecule has 1 heterocycles. The van der Waals surface area contributed by atoms with Crippen LogP contribution < -0.4 is 0 Å².